The molecule has 3 nitrogen and oxygen atoms in total. The number of benzene rings is 1. The van der Waals surface area contributed by atoms with Gasteiger partial charge in [-0.1, -0.05) is 0 Å². The minimum atomic E-state index is -0.885. The first kappa shape index (κ1) is 13.9. The van der Waals surface area contributed by atoms with Crippen LogP contribution in [0, 0.1) is 6.92 Å². The molecule has 2 N–H and O–H groups in total. The molecule has 0 radical (unpaired) electrons. The molecule has 0 heterocycles. The van der Waals surface area contributed by atoms with Crippen molar-refractivity contribution in [2.24, 2.45) is 0 Å². The summed E-state index contributed by atoms with van der Waals surface area (Å²) in [5, 5.41) is 12.2. The molecule has 0 aliphatic rings. The number of anilines is 1. The van der Waals surface area contributed by atoms with E-state index in [9.17, 15) is 4.79 Å². The van der Waals surface area contributed by atoms with E-state index >= 15 is 0 Å². The van der Waals surface area contributed by atoms with Gasteiger partial charge in [0.25, 0.3) is 0 Å². The molecule has 1 aromatic carbocycles. The van der Waals surface area contributed by atoms with E-state index in [0.717, 1.165) is 17.8 Å². The van der Waals surface area contributed by atoms with Crippen LogP contribution in [0.2, 0.25) is 0 Å². The van der Waals surface area contributed by atoms with E-state index in [1.807, 2.05) is 13.0 Å². The molecule has 0 amide bonds. The van der Waals surface area contributed by atoms with Crippen LogP contribution in [-0.2, 0) is 0 Å². The summed E-state index contributed by atoms with van der Waals surface area (Å²) in [6, 6.07) is 5.15. The van der Waals surface area contributed by atoms with Gasteiger partial charge in [0.15, 0.2) is 0 Å². The molecule has 0 bridgehead atoms. The Bertz CT molecular complexity index is 416. The minimum absolute atomic E-state index is 0.165. The summed E-state index contributed by atoms with van der Waals surface area (Å²) < 4.78 is 0.165. The maximum absolute atomic E-state index is 10.8. The van der Waals surface area contributed by atoms with Gasteiger partial charge in [0, 0.05) is 17.0 Å². The quantitative estimate of drug-likeness (QED) is 0.845. The summed E-state index contributed by atoms with van der Waals surface area (Å²) in [4.78, 5) is 10.8. The van der Waals surface area contributed by atoms with Gasteiger partial charge in [-0.15, -0.1) is 0 Å². The highest BCUT2D eigenvalue weighted by atomic mass is 32.2. The molecule has 0 spiro atoms. The molecular weight excluding hydrogens is 234 g/mol. The normalized spacial score (nSPS) is 11.3. The Kier molecular flexibility index (Phi) is 4.46. The van der Waals surface area contributed by atoms with Gasteiger partial charge in [0.2, 0.25) is 0 Å². The average molecular weight is 253 g/mol. The topological polar surface area (TPSA) is 49.3 Å². The molecule has 94 valence electrons. The van der Waals surface area contributed by atoms with Crippen molar-refractivity contribution in [2.45, 2.75) is 25.5 Å². The summed E-state index contributed by atoms with van der Waals surface area (Å²) in [5.74, 6) is -0.885. The average Bonchev–Trinajstić information content (AvgIpc) is 2.27. The second-order valence-electron chi connectivity index (χ2n) is 4.65. The number of carboxylic acids is 1. The van der Waals surface area contributed by atoms with Crippen LogP contribution in [0.15, 0.2) is 18.2 Å². The highest BCUT2D eigenvalue weighted by Gasteiger charge is 2.15. The standard InChI is InChI=1S/C13H19NO2S/c1-9-7-10(12(15)16)5-6-11(9)14-8-13(2,3)17-4/h5-7,14H,8H2,1-4H3,(H,15,16). The lowest BCUT2D eigenvalue weighted by Crippen LogP contribution is -2.26. The number of aryl methyl sites for hydroxylation is 1. The highest BCUT2D eigenvalue weighted by Crippen LogP contribution is 2.23. The maximum atomic E-state index is 10.8. The Balaban J connectivity index is 2.77. The van der Waals surface area contributed by atoms with E-state index in [4.69, 9.17) is 5.11 Å². The Labute approximate surface area is 107 Å². The van der Waals surface area contributed by atoms with Gasteiger partial charge in [-0.2, -0.15) is 11.8 Å². The Morgan fingerprint density at radius 3 is 2.59 bits per heavy atom. The summed E-state index contributed by atoms with van der Waals surface area (Å²) in [7, 11) is 0. The van der Waals surface area contributed by atoms with E-state index in [-0.39, 0.29) is 4.75 Å². The number of thioether (sulfide) groups is 1. The summed E-state index contributed by atoms with van der Waals surface area (Å²) in [6.45, 7) is 7.11. The molecule has 1 rings (SSSR count). The molecule has 0 aliphatic heterocycles. The van der Waals surface area contributed by atoms with Crippen molar-refractivity contribution in [1.82, 2.24) is 0 Å². The lowest BCUT2D eigenvalue weighted by molar-refractivity contribution is 0.0697. The first-order chi connectivity index (χ1) is 7.85. The monoisotopic (exact) mass is 253 g/mol. The summed E-state index contributed by atoms with van der Waals surface area (Å²) in [6.07, 6.45) is 2.09. The lowest BCUT2D eigenvalue weighted by atomic mass is 10.1. The van der Waals surface area contributed by atoms with Gasteiger partial charge in [-0.25, -0.2) is 4.79 Å². The number of hydrogen-bond acceptors (Lipinski definition) is 3. The van der Waals surface area contributed by atoms with Crippen molar-refractivity contribution >= 4 is 23.4 Å². The van der Waals surface area contributed by atoms with Crippen LogP contribution in [-0.4, -0.2) is 28.6 Å². The third kappa shape index (κ3) is 3.97. The fraction of sp³-hybridized carbons (Fsp3) is 0.462. The zero-order valence-electron chi connectivity index (χ0n) is 10.7. The Morgan fingerprint density at radius 2 is 2.12 bits per heavy atom. The molecular formula is C13H19NO2S. The van der Waals surface area contributed by atoms with Gasteiger partial charge >= 0.3 is 5.97 Å². The van der Waals surface area contributed by atoms with Crippen LogP contribution >= 0.6 is 11.8 Å². The van der Waals surface area contributed by atoms with Crippen molar-refractivity contribution in [3.63, 3.8) is 0 Å². The van der Waals surface area contributed by atoms with Crippen LogP contribution in [0.5, 0.6) is 0 Å². The molecule has 1 aromatic rings. The third-order valence-electron chi connectivity index (χ3n) is 2.73. The Morgan fingerprint density at radius 1 is 1.47 bits per heavy atom. The number of nitrogens with one attached hydrogen (secondary N) is 1. The van der Waals surface area contributed by atoms with Crippen LogP contribution in [0.1, 0.15) is 29.8 Å². The molecule has 0 unspecified atom stereocenters. The number of carboxylic acid groups (broad SMARTS) is 1. The van der Waals surface area contributed by atoms with Gasteiger partial charge in [0.05, 0.1) is 5.56 Å². The second-order valence-corrected chi connectivity index (χ2v) is 6.17. The predicted molar refractivity (Wildman–Crippen MR) is 74.2 cm³/mol. The Hall–Kier alpha value is -1.16. The van der Waals surface area contributed by atoms with E-state index in [1.165, 1.54) is 0 Å². The zero-order chi connectivity index (χ0) is 13.1. The molecule has 0 fully saturated rings. The van der Waals surface area contributed by atoms with Crippen molar-refractivity contribution in [2.75, 3.05) is 18.1 Å². The molecule has 0 aromatic heterocycles. The molecule has 0 atom stereocenters. The first-order valence-electron chi connectivity index (χ1n) is 5.49. The van der Waals surface area contributed by atoms with Gasteiger partial charge in [-0.05, 0) is 50.8 Å². The second kappa shape index (κ2) is 5.45. The minimum Gasteiger partial charge on any atom is -0.478 e. The van der Waals surface area contributed by atoms with Crippen molar-refractivity contribution in [3.8, 4) is 0 Å². The van der Waals surface area contributed by atoms with Gasteiger partial charge in [0.1, 0.15) is 0 Å². The number of hydrogen-bond donors (Lipinski definition) is 2. The van der Waals surface area contributed by atoms with Crippen LogP contribution in [0.4, 0.5) is 5.69 Å². The molecule has 0 aliphatic carbocycles. The molecule has 17 heavy (non-hydrogen) atoms. The van der Waals surface area contributed by atoms with Gasteiger partial charge in [-0.3, -0.25) is 0 Å². The fourth-order valence-electron chi connectivity index (χ4n) is 1.38. The highest BCUT2D eigenvalue weighted by molar-refractivity contribution is 7.99. The summed E-state index contributed by atoms with van der Waals surface area (Å²) in [5.41, 5.74) is 2.29. The number of rotatable bonds is 5. The lowest BCUT2D eigenvalue weighted by Gasteiger charge is -2.23. The third-order valence-corrected chi connectivity index (χ3v) is 3.98. The summed E-state index contributed by atoms with van der Waals surface area (Å²) >= 11 is 1.80. The van der Waals surface area contributed by atoms with E-state index < -0.39 is 5.97 Å². The van der Waals surface area contributed by atoms with Crippen LogP contribution in [0.25, 0.3) is 0 Å². The van der Waals surface area contributed by atoms with Crippen LogP contribution in [0.3, 0.4) is 0 Å². The van der Waals surface area contributed by atoms with E-state index in [0.29, 0.717) is 5.56 Å². The van der Waals surface area contributed by atoms with Crippen LogP contribution < -0.4 is 5.32 Å². The molecule has 0 saturated heterocycles. The molecule has 0 saturated carbocycles. The SMILES string of the molecule is CSC(C)(C)CNc1ccc(C(=O)O)cc1C. The molecule has 4 heteroatoms. The number of carbonyl (C=O) groups is 1. The maximum Gasteiger partial charge on any atom is 0.335 e. The first-order valence-corrected chi connectivity index (χ1v) is 6.71. The van der Waals surface area contributed by atoms with Crippen molar-refractivity contribution in [3.05, 3.63) is 29.3 Å². The van der Waals surface area contributed by atoms with E-state index in [1.54, 1.807) is 23.9 Å². The largest absolute Gasteiger partial charge is 0.478 e. The van der Waals surface area contributed by atoms with Crippen molar-refractivity contribution < 1.29 is 9.90 Å². The van der Waals surface area contributed by atoms with Gasteiger partial charge < -0.3 is 10.4 Å². The van der Waals surface area contributed by atoms with E-state index in [2.05, 4.69) is 25.4 Å². The zero-order valence-corrected chi connectivity index (χ0v) is 11.5. The van der Waals surface area contributed by atoms with Crippen molar-refractivity contribution in [1.29, 1.82) is 0 Å². The number of aromatic carboxylic acids is 1. The predicted octanol–water partition coefficient (Wildman–Crippen LogP) is 3.25. The smallest absolute Gasteiger partial charge is 0.335 e. The fourth-order valence-corrected chi connectivity index (χ4v) is 1.59.